The number of rotatable bonds is 0. The average molecular weight is 140 g/mol. The molecule has 0 spiro atoms. The van der Waals surface area contributed by atoms with E-state index < -0.39 is 0 Å². The first-order valence-electron chi connectivity index (χ1n) is 3.82. The summed E-state index contributed by atoms with van der Waals surface area (Å²) in [4.78, 5) is 0. The molecule has 0 aromatic rings. The summed E-state index contributed by atoms with van der Waals surface area (Å²) in [5.41, 5.74) is 1.16. The standard InChI is InChI=1S/C7H10O.C2H6/c1-6-3-2-4-7(8)5-6;1-2/h2-3,5,7-8H,4H2,1H3;1-2H3. The van der Waals surface area contributed by atoms with Gasteiger partial charge in [-0.2, -0.15) is 0 Å². The van der Waals surface area contributed by atoms with Gasteiger partial charge < -0.3 is 5.11 Å². The van der Waals surface area contributed by atoms with Crippen molar-refractivity contribution in [2.75, 3.05) is 0 Å². The van der Waals surface area contributed by atoms with E-state index in [0.717, 1.165) is 12.0 Å². The van der Waals surface area contributed by atoms with Crippen molar-refractivity contribution in [3.8, 4) is 0 Å². The van der Waals surface area contributed by atoms with Gasteiger partial charge in [0.2, 0.25) is 0 Å². The van der Waals surface area contributed by atoms with Crippen LogP contribution in [0.2, 0.25) is 0 Å². The maximum absolute atomic E-state index is 8.95. The van der Waals surface area contributed by atoms with Gasteiger partial charge in [0.05, 0.1) is 6.10 Å². The maximum atomic E-state index is 8.95. The van der Waals surface area contributed by atoms with Gasteiger partial charge in [-0.25, -0.2) is 0 Å². The summed E-state index contributed by atoms with van der Waals surface area (Å²) < 4.78 is 0. The molecule has 0 aromatic carbocycles. The zero-order chi connectivity index (χ0) is 7.98. The zero-order valence-electron chi connectivity index (χ0n) is 6.96. The molecule has 10 heavy (non-hydrogen) atoms. The van der Waals surface area contributed by atoms with Crippen molar-refractivity contribution in [3.63, 3.8) is 0 Å². The molecule has 0 fully saturated rings. The minimum Gasteiger partial charge on any atom is -0.389 e. The van der Waals surface area contributed by atoms with Crippen LogP contribution in [-0.2, 0) is 0 Å². The van der Waals surface area contributed by atoms with E-state index in [-0.39, 0.29) is 6.10 Å². The highest BCUT2D eigenvalue weighted by molar-refractivity contribution is 5.21. The molecule has 1 aliphatic rings. The molecule has 1 rings (SSSR count). The molecule has 1 nitrogen and oxygen atoms in total. The zero-order valence-corrected chi connectivity index (χ0v) is 6.96. The Kier molecular flexibility index (Phi) is 4.95. The molecule has 1 heteroatoms. The predicted molar refractivity (Wildman–Crippen MR) is 44.9 cm³/mol. The Morgan fingerprint density at radius 3 is 2.40 bits per heavy atom. The summed E-state index contributed by atoms with van der Waals surface area (Å²) >= 11 is 0. The highest BCUT2D eigenvalue weighted by Crippen LogP contribution is 2.08. The van der Waals surface area contributed by atoms with E-state index >= 15 is 0 Å². The molecular weight excluding hydrogens is 124 g/mol. The second-order valence-electron chi connectivity index (χ2n) is 2.12. The monoisotopic (exact) mass is 140 g/mol. The molecule has 0 saturated carbocycles. The first kappa shape index (κ1) is 9.44. The van der Waals surface area contributed by atoms with E-state index in [4.69, 9.17) is 5.11 Å². The Morgan fingerprint density at radius 1 is 1.50 bits per heavy atom. The van der Waals surface area contributed by atoms with Gasteiger partial charge in [-0.3, -0.25) is 0 Å². The molecular formula is C9H16O. The van der Waals surface area contributed by atoms with Gasteiger partial charge in [-0.1, -0.05) is 37.6 Å². The largest absolute Gasteiger partial charge is 0.389 e. The molecule has 0 saturated heterocycles. The lowest BCUT2D eigenvalue weighted by molar-refractivity contribution is 0.225. The normalized spacial score (nSPS) is 22.8. The fourth-order valence-electron chi connectivity index (χ4n) is 0.820. The van der Waals surface area contributed by atoms with Gasteiger partial charge in [-0.15, -0.1) is 0 Å². The summed E-state index contributed by atoms with van der Waals surface area (Å²) in [6, 6.07) is 0. The molecule has 0 aromatic heterocycles. The molecule has 0 aliphatic heterocycles. The van der Waals surface area contributed by atoms with Crippen molar-refractivity contribution < 1.29 is 5.11 Å². The predicted octanol–water partition coefficient (Wildman–Crippen LogP) is 2.28. The van der Waals surface area contributed by atoms with E-state index in [1.165, 1.54) is 0 Å². The lowest BCUT2D eigenvalue weighted by Gasteiger charge is -2.06. The number of hydrogen-bond donors (Lipinski definition) is 1. The van der Waals surface area contributed by atoms with Crippen LogP contribution in [0.25, 0.3) is 0 Å². The second-order valence-corrected chi connectivity index (χ2v) is 2.12. The van der Waals surface area contributed by atoms with Crippen LogP contribution in [-0.4, -0.2) is 11.2 Å². The van der Waals surface area contributed by atoms with Gasteiger partial charge in [-0.05, 0) is 13.3 Å². The van der Waals surface area contributed by atoms with Crippen LogP contribution < -0.4 is 0 Å². The van der Waals surface area contributed by atoms with Gasteiger partial charge >= 0.3 is 0 Å². The highest BCUT2D eigenvalue weighted by atomic mass is 16.3. The van der Waals surface area contributed by atoms with Crippen LogP contribution in [0.5, 0.6) is 0 Å². The Hall–Kier alpha value is -0.560. The third-order valence-electron chi connectivity index (χ3n) is 1.21. The van der Waals surface area contributed by atoms with Crippen LogP contribution in [0.4, 0.5) is 0 Å². The van der Waals surface area contributed by atoms with Crippen molar-refractivity contribution in [2.45, 2.75) is 33.3 Å². The third kappa shape index (κ3) is 3.46. The van der Waals surface area contributed by atoms with E-state index in [2.05, 4.69) is 0 Å². The molecule has 0 heterocycles. The molecule has 0 radical (unpaired) electrons. The Labute approximate surface area is 63.1 Å². The summed E-state index contributed by atoms with van der Waals surface area (Å²) in [5, 5.41) is 8.95. The first-order valence-corrected chi connectivity index (χ1v) is 3.82. The SMILES string of the molecule is CC.CC1=CC(O)CC=C1. The van der Waals surface area contributed by atoms with Gasteiger partial charge in [0.1, 0.15) is 0 Å². The van der Waals surface area contributed by atoms with Crippen LogP contribution in [0.15, 0.2) is 23.8 Å². The van der Waals surface area contributed by atoms with Crippen molar-refractivity contribution in [1.82, 2.24) is 0 Å². The van der Waals surface area contributed by atoms with E-state index in [0.29, 0.717) is 0 Å². The quantitative estimate of drug-likeness (QED) is 0.547. The first-order chi connectivity index (χ1) is 4.79. The molecule has 1 aliphatic carbocycles. The fourth-order valence-corrected chi connectivity index (χ4v) is 0.820. The number of aliphatic hydroxyl groups excluding tert-OH is 1. The molecule has 1 unspecified atom stereocenters. The average Bonchev–Trinajstić information content (AvgIpc) is 1.91. The maximum Gasteiger partial charge on any atom is 0.0761 e. The number of hydrogen-bond acceptors (Lipinski definition) is 1. The lowest BCUT2D eigenvalue weighted by atomic mass is 10.1. The van der Waals surface area contributed by atoms with Crippen molar-refractivity contribution in [1.29, 1.82) is 0 Å². The summed E-state index contributed by atoms with van der Waals surface area (Å²) in [5.74, 6) is 0. The Morgan fingerprint density at radius 2 is 2.10 bits per heavy atom. The Balaban J connectivity index is 0.000000371. The molecule has 0 amide bonds. The lowest BCUT2D eigenvalue weighted by Crippen LogP contribution is -2.03. The van der Waals surface area contributed by atoms with E-state index in [9.17, 15) is 0 Å². The van der Waals surface area contributed by atoms with Gasteiger partial charge in [0.25, 0.3) is 0 Å². The molecule has 58 valence electrons. The van der Waals surface area contributed by atoms with Gasteiger partial charge in [0.15, 0.2) is 0 Å². The number of aliphatic hydroxyl groups is 1. The van der Waals surface area contributed by atoms with Crippen LogP contribution >= 0.6 is 0 Å². The van der Waals surface area contributed by atoms with Crippen molar-refractivity contribution >= 4 is 0 Å². The van der Waals surface area contributed by atoms with Crippen LogP contribution in [0, 0.1) is 0 Å². The van der Waals surface area contributed by atoms with E-state index in [1.807, 2.05) is 39.0 Å². The van der Waals surface area contributed by atoms with Crippen LogP contribution in [0.3, 0.4) is 0 Å². The van der Waals surface area contributed by atoms with Crippen LogP contribution in [0.1, 0.15) is 27.2 Å². The van der Waals surface area contributed by atoms with Gasteiger partial charge in [0, 0.05) is 0 Å². The molecule has 0 bridgehead atoms. The minimum atomic E-state index is -0.236. The third-order valence-corrected chi connectivity index (χ3v) is 1.21. The topological polar surface area (TPSA) is 20.2 Å². The highest BCUT2D eigenvalue weighted by Gasteiger charge is 1.99. The number of allylic oxidation sites excluding steroid dienone is 2. The second kappa shape index (κ2) is 5.24. The van der Waals surface area contributed by atoms with Crippen molar-refractivity contribution in [3.05, 3.63) is 23.8 Å². The summed E-state index contributed by atoms with van der Waals surface area (Å²) in [6.45, 7) is 5.98. The summed E-state index contributed by atoms with van der Waals surface area (Å²) in [6.07, 6.45) is 6.41. The van der Waals surface area contributed by atoms with Crippen molar-refractivity contribution in [2.24, 2.45) is 0 Å². The Bertz CT molecular complexity index is 134. The minimum absolute atomic E-state index is 0.236. The smallest absolute Gasteiger partial charge is 0.0761 e. The molecule has 1 atom stereocenters. The molecule has 1 N–H and O–H groups in total. The van der Waals surface area contributed by atoms with E-state index in [1.54, 1.807) is 0 Å². The summed E-state index contributed by atoms with van der Waals surface area (Å²) in [7, 11) is 0. The fraction of sp³-hybridized carbons (Fsp3) is 0.556.